The molecule has 2 rings (SSSR count). The van der Waals surface area contributed by atoms with Gasteiger partial charge in [-0.2, -0.15) is 0 Å². The Morgan fingerprint density at radius 2 is 2.00 bits per heavy atom. The number of aromatic nitrogens is 2. The first kappa shape index (κ1) is 17.1. The Hall–Kier alpha value is -1.30. The predicted molar refractivity (Wildman–Crippen MR) is 86.8 cm³/mol. The molecule has 1 saturated carbocycles. The minimum atomic E-state index is -0.209. The van der Waals surface area contributed by atoms with Gasteiger partial charge in [0, 0.05) is 13.0 Å². The molecular weight excluding hydrogens is 298 g/mol. The highest BCUT2D eigenvalue weighted by Gasteiger charge is 2.28. The van der Waals surface area contributed by atoms with Gasteiger partial charge in [0.25, 0.3) is 5.91 Å². The average Bonchev–Trinajstić information content (AvgIpc) is 2.96. The Morgan fingerprint density at radius 3 is 2.59 bits per heavy atom. The number of hydrogen-bond donors (Lipinski definition) is 0. The van der Waals surface area contributed by atoms with Gasteiger partial charge in [0.1, 0.15) is 4.88 Å². The highest BCUT2D eigenvalue weighted by Crippen LogP contribution is 2.26. The fourth-order valence-corrected chi connectivity index (χ4v) is 3.55. The van der Waals surface area contributed by atoms with Gasteiger partial charge in [0.2, 0.25) is 5.91 Å². The maximum atomic E-state index is 12.7. The van der Waals surface area contributed by atoms with Gasteiger partial charge in [0.15, 0.2) is 0 Å². The van der Waals surface area contributed by atoms with Crippen LogP contribution in [0.3, 0.4) is 0 Å². The molecule has 0 aliphatic heterocycles. The highest BCUT2D eigenvalue weighted by atomic mass is 32.1. The zero-order valence-corrected chi connectivity index (χ0v) is 14.3. The van der Waals surface area contributed by atoms with Crippen molar-refractivity contribution in [2.45, 2.75) is 65.2 Å². The van der Waals surface area contributed by atoms with Gasteiger partial charge in [-0.1, -0.05) is 37.1 Å². The van der Waals surface area contributed by atoms with Crippen molar-refractivity contribution >= 4 is 23.3 Å². The van der Waals surface area contributed by atoms with E-state index in [0.717, 1.165) is 37.2 Å². The lowest BCUT2D eigenvalue weighted by Gasteiger charge is -2.28. The molecule has 0 saturated heterocycles. The molecule has 1 aliphatic carbocycles. The van der Waals surface area contributed by atoms with Crippen LogP contribution in [0.1, 0.15) is 73.7 Å². The van der Waals surface area contributed by atoms with Crippen LogP contribution in [0.2, 0.25) is 0 Å². The van der Waals surface area contributed by atoms with Crippen molar-refractivity contribution in [3.63, 3.8) is 0 Å². The highest BCUT2D eigenvalue weighted by molar-refractivity contribution is 7.08. The first-order valence-corrected chi connectivity index (χ1v) is 9.04. The Kier molecular flexibility index (Phi) is 6.49. The number of unbranched alkanes of at least 4 members (excludes halogenated alkanes) is 1. The van der Waals surface area contributed by atoms with Crippen LogP contribution in [0.15, 0.2) is 0 Å². The van der Waals surface area contributed by atoms with Gasteiger partial charge in [-0.25, -0.2) is 0 Å². The van der Waals surface area contributed by atoms with Crippen LogP contribution in [0.4, 0.5) is 0 Å². The third kappa shape index (κ3) is 4.35. The van der Waals surface area contributed by atoms with Crippen molar-refractivity contribution in [3.8, 4) is 0 Å². The molecule has 0 spiro atoms. The number of carbonyl (C=O) groups excluding carboxylic acids is 2. The quantitative estimate of drug-likeness (QED) is 0.802. The topological polar surface area (TPSA) is 63.2 Å². The third-order valence-electron chi connectivity index (χ3n) is 4.30. The molecule has 122 valence electrons. The van der Waals surface area contributed by atoms with E-state index < -0.39 is 0 Å². The second-order valence-corrected chi connectivity index (χ2v) is 6.86. The normalized spacial score (nSPS) is 15.7. The summed E-state index contributed by atoms with van der Waals surface area (Å²) < 4.78 is 3.83. The van der Waals surface area contributed by atoms with E-state index in [0.29, 0.717) is 29.5 Å². The van der Waals surface area contributed by atoms with Crippen LogP contribution >= 0.6 is 11.5 Å². The molecule has 5 nitrogen and oxygen atoms in total. The average molecular weight is 323 g/mol. The molecule has 1 fully saturated rings. The number of imide groups is 1. The lowest BCUT2D eigenvalue weighted by molar-refractivity contribution is -0.129. The van der Waals surface area contributed by atoms with Crippen molar-refractivity contribution in [2.24, 2.45) is 5.92 Å². The van der Waals surface area contributed by atoms with Crippen molar-refractivity contribution < 1.29 is 9.59 Å². The first-order chi connectivity index (χ1) is 10.6. The van der Waals surface area contributed by atoms with Crippen LogP contribution in [0, 0.1) is 12.8 Å². The number of rotatable bonds is 6. The van der Waals surface area contributed by atoms with E-state index in [1.54, 1.807) is 6.92 Å². The lowest BCUT2D eigenvalue weighted by Crippen LogP contribution is -2.40. The Bertz CT molecular complexity index is 509. The second kappa shape index (κ2) is 8.36. The van der Waals surface area contributed by atoms with Gasteiger partial charge in [0.05, 0.1) is 5.69 Å². The summed E-state index contributed by atoms with van der Waals surface area (Å²) in [5, 5.41) is 3.90. The molecule has 22 heavy (non-hydrogen) atoms. The lowest BCUT2D eigenvalue weighted by atomic mass is 9.89. The molecule has 1 aliphatic rings. The SMILES string of the molecule is CCCCC(=O)N(CC1CCCCC1)C(=O)c1snnc1C. The van der Waals surface area contributed by atoms with E-state index in [1.165, 1.54) is 24.2 Å². The van der Waals surface area contributed by atoms with Crippen molar-refractivity contribution in [1.82, 2.24) is 14.5 Å². The predicted octanol–water partition coefficient (Wildman–Crippen LogP) is 3.59. The number of hydrogen-bond acceptors (Lipinski definition) is 5. The summed E-state index contributed by atoms with van der Waals surface area (Å²) in [4.78, 5) is 27.2. The standard InChI is InChI=1S/C16H25N3O2S/c1-3-4-10-14(20)19(11-13-8-6-5-7-9-13)16(21)15-12(2)17-18-22-15/h13H,3-11H2,1-2H3. The molecule has 0 unspecified atom stereocenters. The maximum Gasteiger partial charge on any atom is 0.274 e. The van der Waals surface area contributed by atoms with Crippen LogP contribution in [0.25, 0.3) is 0 Å². The summed E-state index contributed by atoms with van der Waals surface area (Å²) in [6.45, 7) is 4.38. The molecule has 1 heterocycles. The number of carbonyl (C=O) groups is 2. The van der Waals surface area contributed by atoms with E-state index in [9.17, 15) is 9.59 Å². The monoisotopic (exact) mass is 323 g/mol. The number of nitrogens with zero attached hydrogens (tertiary/aromatic N) is 3. The fraction of sp³-hybridized carbons (Fsp3) is 0.750. The third-order valence-corrected chi connectivity index (χ3v) is 5.12. The molecule has 1 aromatic rings. The molecule has 0 aromatic carbocycles. The van der Waals surface area contributed by atoms with Crippen LogP contribution in [-0.2, 0) is 4.79 Å². The largest absolute Gasteiger partial charge is 0.277 e. The molecular formula is C16H25N3O2S. The summed E-state index contributed by atoms with van der Waals surface area (Å²) >= 11 is 1.08. The van der Waals surface area contributed by atoms with Crippen molar-refractivity contribution in [1.29, 1.82) is 0 Å². The summed E-state index contributed by atoms with van der Waals surface area (Å²) in [6, 6.07) is 0. The zero-order valence-electron chi connectivity index (χ0n) is 13.5. The molecule has 0 radical (unpaired) electrons. The Labute approximate surface area is 136 Å². The number of amides is 2. The van der Waals surface area contributed by atoms with E-state index in [4.69, 9.17) is 0 Å². The van der Waals surface area contributed by atoms with Crippen LogP contribution < -0.4 is 0 Å². The minimum absolute atomic E-state index is 0.0507. The molecule has 2 amide bonds. The summed E-state index contributed by atoms with van der Waals surface area (Å²) in [5.74, 6) is 0.189. The van der Waals surface area contributed by atoms with Gasteiger partial charge in [-0.05, 0) is 43.6 Å². The van der Waals surface area contributed by atoms with Crippen molar-refractivity contribution in [3.05, 3.63) is 10.6 Å². The Morgan fingerprint density at radius 1 is 1.27 bits per heavy atom. The van der Waals surface area contributed by atoms with Gasteiger partial charge in [-0.15, -0.1) is 5.10 Å². The van der Waals surface area contributed by atoms with Gasteiger partial charge < -0.3 is 0 Å². The van der Waals surface area contributed by atoms with Crippen LogP contribution in [-0.4, -0.2) is 32.8 Å². The molecule has 0 atom stereocenters. The van der Waals surface area contributed by atoms with Gasteiger partial charge in [-0.3, -0.25) is 14.5 Å². The van der Waals surface area contributed by atoms with Gasteiger partial charge >= 0.3 is 0 Å². The van der Waals surface area contributed by atoms with E-state index in [1.807, 2.05) is 0 Å². The fourth-order valence-electron chi connectivity index (χ4n) is 2.94. The summed E-state index contributed by atoms with van der Waals surface area (Å²) in [7, 11) is 0. The van der Waals surface area contributed by atoms with Crippen LogP contribution in [0.5, 0.6) is 0 Å². The molecule has 1 aromatic heterocycles. The molecule has 0 N–H and O–H groups in total. The Balaban J connectivity index is 2.11. The van der Waals surface area contributed by atoms with E-state index in [-0.39, 0.29) is 11.8 Å². The minimum Gasteiger partial charge on any atom is -0.277 e. The smallest absolute Gasteiger partial charge is 0.274 e. The molecule has 6 heteroatoms. The summed E-state index contributed by atoms with van der Waals surface area (Å²) in [6.07, 6.45) is 8.14. The summed E-state index contributed by atoms with van der Waals surface area (Å²) in [5.41, 5.74) is 0.618. The first-order valence-electron chi connectivity index (χ1n) is 8.27. The van der Waals surface area contributed by atoms with Crippen molar-refractivity contribution in [2.75, 3.05) is 6.54 Å². The zero-order chi connectivity index (χ0) is 15.9. The second-order valence-electron chi connectivity index (χ2n) is 6.10. The van der Waals surface area contributed by atoms with E-state index in [2.05, 4.69) is 16.5 Å². The number of aryl methyl sites for hydroxylation is 1. The molecule has 0 bridgehead atoms. The van der Waals surface area contributed by atoms with E-state index >= 15 is 0 Å². The maximum absolute atomic E-state index is 12.7.